The van der Waals surface area contributed by atoms with Crippen LogP contribution in [-0.4, -0.2) is 11.6 Å². The predicted octanol–water partition coefficient (Wildman–Crippen LogP) is 2.25. The van der Waals surface area contributed by atoms with Gasteiger partial charge in [-0.15, -0.1) is 0 Å². The summed E-state index contributed by atoms with van der Waals surface area (Å²) >= 11 is 0. The summed E-state index contributed by atoms with van der Waals surface area (Å²) in [6.07, 6.45) is 5.01. The summed E-state index contributed by atoms with van der Waals surface area (Å²) in [5.41, 5.74) is 1.32. The number of aryl methyl sites for hydroxylation is 1. The summed E-state index contributed by atoms with van der Waals surface area (Å²) in [5, 5.41) is 0. The van der Waals surface area contributed by atoms with Crippen molar-refractivity contribution in [2.45, 2.75) is 6.92 Å². The fraction of sp³-hybridized carbons (Fsp3) is 0.0769. The molecule has 0 saturated heterocycles. The Hall–Kier alpha value is -1.96. The van der Waals surface area contributed by atoms with Gasteiger partial charge in [-0.2, -0.15) is 0 Å². The van der Waals surface area contributed by atoms with E-state index in [1.165, 1.54) is 29.9 Å². The van der Waals surface area contributed by atoms with Gasteiger partial charge in [-0.25, -0.2) is 0 Å². The molecule has 2 rings (SSSR count). The summed E-state index contributed by atoms with van der Waals surface area (Å²) < 4.78 is 0. The Morgan fingerprint density at radius 3 is 1.40 bits per heavy atom. The number of hydrogen-bond acceptors (Lipinski definition) is 2. The highest BCUT2D eigenvalue weighted by atomic mass is 16.1. The molecule has 0 N–H and O–H groups in total. The minimum absolute atomic E-state index is 0.121. The van der Waals surface area contributed by atoms with Crippen molar-refractivity contribution in [2.24, 2.45) is 0 Å². The molecule has 1 aromatic rings. The van der Waals surface area contributed by atoms with Crippen molar-refractivity contribution < 1.29 is 9.59 Å². The monoisotopic (exact) mass is 200 g/mol. The molecular weight excluding hydrogens is 188 g/mol. The molecule has 0 aliphatic heterocycles. The van der Waals surface area contributed by atoms with Crippen LogP contribution >= 0.6 is 0 Å². The Balaban J connectivity index is 0.000000151. The van der Waals surface area contributed by atoms with E-state index >= 15 is 0 Å². The molecule has 0 aromatic heterocycles. The summed E-state index contributed by atoms with van der Waals surface area (Å²) in [5.74, 6) is -0.241. The number of rotatable bonds is 0. The van der Waals surface area contributed by atoms with Gasteiger partial charge in [0.2, 0.25) is 0 Å². The lowest BCUT2D eigenvalue weighted by atomic mass is 10.2. The zero-order valence-electron chi connectivity index (χ0n) is 8.51. The van der Waals surface area contributed by atoms with Crippen LogP contribution in [0.15, 0.2) is 54.6 Å². The Kier molecular flexibility index (Phi) is 4.23. The van der Waals surface area contributed by atoms with Crippen molar-refractivity contribution in [2.75, 3.05) is 0 Å². The highest BCUT2D eigenvalue weighted by molar-refractivity contribution is 6.14. The van der Waals surface area contributed by atoms with Gasteiger partial charge in [0, 0.05) is 0 Å². The normalized spacial score (nSPS) is 13.4. The van der Waals surface area contributed by atoms with E-state index in [-0.39, 0.29) is 11.6 Å². The van der Waals surface area contributed by atoms with E-state index in [0.29, 0.717) is 0 Å². The van der Waals surface area contributed by atoms with Gasteiger partial charge in [-0.05, 0) is 31.2 Å². The molecule has 2 heteroatoms. The SMILES string of the molecule is Cc1ccccc1.O=C1C=CC(=O)C=C1. The first kappa shape index (κ1) is 11.1. The van der Waals surface area contributed by atoms with Crippen molar-refractivity contribution in [3.63, 3.8) is 0 Å². The quantitative estimate of drug-likeness (QED) is 0.602. The lowest BCUT2D eigenvalue weighted by molar-refractivity contribution is -0.113. The molecule has 0 atom stereocenters. The fourth-order valence-corrected chi connectivity index (χ4v) is 0.974. The Morgan fingerprint density at radius 2 is 1.13 bits per heavy atom. The topological polar surface area (TPSA) is 34.1 Å². The second kappa shape index (κ2) is 5.70. The van der Waals surface area contributed by atoms with E-state index in [9.17, 15) is 9.59 Å². The first-order valence-corrected chi connectivity index (χ1v) is 4.64. The van der Waals surface area contributed by atoms with E-state index in [2.05, 4.69) is 19.1 Å². The van der Waals surface area contributed by atoms with Crippen LogP contribution < -0.4 is 0 Å². The van der Waals surface area contributed by atoms with Crippen molar-refractivity contribution in [3.05, 3.63) is 60.2 Å². The average molecular weight is 200 g/mol. The Labute approximate surface area is 88.9 Å². The molecule has 0 bridgehead atoms. The Morgan fingerprint density at radius 1 is 0.733 bits per heavy atom. The van der Waals surface area contributed by atoms with Crippen LogP contribution in [0.3, 0.4) is 0 Å². The second-order valence-electron chi connectivity index (χ2n) is 3.13. The fourth-order valence-electron chi connectivity index (χ4n) is 0.974. The van der Waals surface area contributed by atoms with Gasteiger partial charge >= 0.3 is 0 Å². The van der Waals surface area contributed by atoms with E-state index < -0.39 is 0 Å². The van der Waals surface area contributed by atoms with Gasteiger partial charge in [0.05, 0.1) is 0 Å². The maximum absolute atomic E-state index is 10.3. The van der Waals surface area contributed by atoms with E-state index in [0.717, 1.165) is 0 Å². The number of ketones is 2. The van der Waals surface area contributed by atoms with Crippen LogP contribution in [-0.2, 0) is 9.59 Å². The third-order valence-corrected chi connectivity index (χ3v) is 1.76. The van der Waals surface area contributed by atoms with Crippen molar-refractivity contribution in [1.82, 2.24) is 0 Å². The largest absolute Gasteiger partial charge is 0.290 e. The number of benzene rings is 1. The summed E-state index contributed by atoms with van der Waals surface area (Å²) in [6, 6.07) is 10.3. The van der Waals surface area contributed by atoms with Crippen LogP contribution in [0.25, 0.3) is 0 Å². The lowest BCUT2D eigenvalue weighted by Gasteiger charge is -1.87. The zero-order valence-corrected chi connectivity index (χ0v) is 8.51. The minimum Gasteiger partial charge on any atom is -0.290 e. The maximum Gasteiger partial charge on any atom is 0.178 e. The predicted molar refractivity (Wildman–Crippen MR) is 59.5 cm³/mol. The van der Waals surface area contributed by atoms with Gasteiger partial charge in [0.15, 0.2) is 11.6 Å². The average Bonchev–Trinajstić information content (AvgIpc) is 2.25. The highest BCUT2D eigenvalue weighted by Gasteiger charge is 1.97. The number of carbonyl (C=O) groups is 2. The van der Waals surface area contributed by atoms with Crippen molar-refractivity contribution in [3.8, 4) is 0 Å². The van der Waals surface area contributed by atoms with E-state index in [1.807, 2.05) is 18.2 Å². The van der Waals surface area contributed by atoms with Crippen molar-refractivity contribution in [1.29, 1.82) is 0 Å². The van der Waals surface area contributed by atoms with E-state index in [4.69, 9.17) is 0 Å². The summed E-state index contributed by atoms with van der Waals surface area (Å²) in [6.45, 7) is 2.08. The Bertz CT molecular complexity index is 362. The number of allylic oxidation sites excluding steroid dienone is 4. The molecule has 15 heavy (non-hydrogen) atoms. The number of carbonyl (C=O) groups excluding carboxylic acids is 2. The molecule has 2 nitrogen and oxygen atoms in total. The molecule has 76 valence electrons. The highest BCUT2D eigenvalue weighted by Crippen LogP contribution is 1.92. The summed E-state index contributed by atoms with van der Waals surface area (Å²) in [7, 11) is 0. The number of hydrogen-bond donors (Lipinski definition) is 0. The first-order valence-electron chi connectivity index (χ1n) is 4.64. The third-order valence-electron chi connectivity index (χ3n) is 1.76. The van der Waals surface area contributed by atoms with E-state index in [1.54, 1.807) is 0 Å². The molecule has 0 spiro atoms. The molecule has 0 fully saturated rings. The molecule has 0 radical (unpaired) electrons. The van der Waals surface area contributed by atoms with Crippen LogP contribution in [0.2, 0.25) is 0 Å². The molecule has 1 aromatic carbocycles. The molecule has 0 saturated carbocycles. The van der Waals surface area contributed by atoms with Gasteiger partial charge in [0.25, 0.3) is 0 Å². The molecule has 1 aliphatic carbocycles. The molecule has 0 heterocycles. The van der Waals surface area contributed by atoms with Crippen LogP contribution in [0.1, 0.15) is 5.56 Å². The van der Waals surface area contributed by atoms with Crippen molar-refractivity contribution >= 4 is 11.6 Å². The van der Waals surface area contributed by atoms with Gasteiger partial charge in [0.1, 0.15) is 0 Å². The summed E-state index contributed by atoms with van der Waals surface area (Å²) in [4.78, 5) is 20.6. The van der Waals surface area contributed by atoms with Gasteiger partial charge in [-0.1, -0.05) is 35.9 Å². The molecular formula is C13H12O2. The smallest absolute Gasteiger partial charge is 0.178 e. The zero-order chi connectivity index (χ0) is 11.1. The standard InChI is InChI=1S/C7H8.C6H4O2/c1-7-5-3-2-4-6-7;7-5-1-2-6(8)4-3-5/h2-6H,1H3;1-4H. The minimum atomic E-state index is -0.121. The molecule has 0 amide bonds. The maximum atomic E-state index is 10.3. The van der Waals surface area contributed by atoms with Crippen LogP contribution in [0, 0.1) is 6.92 Å². The first-order chi connectivity index (χ1) is 7.18. The van der Waals surface area contributed by atoms with Gasteiger partial charge in [-0.3, -0.25) is 9.59 Å². The third kappa shape index (κ3) is 4.72. The second-order valence-corrected chi connectivity index (χ2v) is 3.13. The molecule has 0 unspecified atom stereocenters. The van der Waals surface area contributed by atoms with Gasteiger partial charge < -0.3 is 0 Å². The van der Waals surface area contributed by atoms with Crippen LogP contribution in [0.4, 0.5) is 0 Å². The molecule has 1 aliphatic rings. The van der Waals surface area contributed by atoms with Crippen LogP contribution in [0.5, 0.6) is 0 Å². The lowest BCUT2D eigenvalue weighted by Crippen LogP contribution is -1.97.